The molecule has 0 unspecified atom stereocenters. The van der Waals surface area contributed by atoms with Crippen molar-refractivity contribution in [2.75, 3.05) is 7.11 Å². The molecule has 1 fully saturated rings. The average molecular weight is 660 g/mol. The third-order valence-corrected chi connectivity index (χ3v) is 8.17. The van der Waals surface area contributed by atoms with Gasteiger partial charge in [-0.25, -0.2) is 4.39 Å². The van der Waals surface area contributed by atoms with Gasteiger partial charge in [0.05, 0.1) is 22.1 Å². The molecule has 0 atom stereocenters. The first-order valence-corrected chi connectivity index (χ1v) is 13.8. The van der Waals surface area contributed by atoms with E-state index in [4.69, 9.17) is 20.5 Å². The van der Waals surface area contributed by atoms with Gasteiger partial charge in [-0.1, -0.05) is 23.7 Å². The minimum absolute atomic E-state index is 0.0124. The number of hydrogen-bond acceptors (Lipinski definition) is 7. The average Bonchev–Trinajstić information content (AvgIpc) is 3.09. The molecule has 7 nitrogen and oxygen atoms in total. The van der Waals surface area contributed by atoms with Crippen LogP contribution in [0.2, 0.25) is 5.02 Å². The number of carbonyl (C=O) groups is 2. The molecule has 1 aliphatic heterocycles. The normalized spacial score (nSPS) is 15.0. The summed E-state index contributed by atoms with van der Waals surface area (Å²) in [5, 5.41) is -0.0706. The van der Waals surface area contributed by atoms with Crippen LogP contribution < -0.4 is 8.92 Å². The van der Waals surface area contributed by atoms with Crippen LogP contribution in [0.1, 0.15) is 11.1 Å². The van der Waals surface area contributed by atoms with Crippen LogP contribution in [0.15, 0.2) is 70.5 Å². The van der Waals surface area contributed by atoms with Crippen molar-refractivity contribution < 1.29 is 31.3 Å². The number of amides is 2. The van der Waals surface area contributed by atoms with Crippen LogP contribution in [0.25, 0.3) is 6.08 Å². The van der Waals surface area contributed by atoms with Crippen molar-refractivity contribution in [3.8, 4) is 11.5 Å². The molecule has 3 aromatic carbocycles. The summed E-state index contributed by atoms with van der Waals surface area (Å²) in [5.41, 5.74) is 1.11. The van der Waals surface area contributed by atoms with Gasteiger partial charge in [-0.05, 0) is 100 Å². The highest BCUT2D eigenvalue weighted by Crippen LogP contribution is 2.39. The van der Waals surface area contributed by atoms with Gasteiger partial charge < -0.3 is 8.92 Å². The monoisotopic (exact) mass is 659 g/mol. The number of imide groups is 1. The number of methoxy groups -OCH3 is 1. The Balaban J connectivity index is 1.59. The predicted octanol–water partition coefficient (Wildman–Crippen LogP) is 6.10. The molecule has 2 amide bonds. The third-order valence-electron chi connectivity index (χ3n) is 4.97. The Hall–Kier alpha value is -2.61. The second-order valence-electron chi connectivity index (χ2n) is 7.42. The SMILES string of the molecule is COc1cc(/C=C2\SC(=O)N(Cc3ccc(F)cc3)C2=O)cc(I)c1OS(=O)(=O)c1ccc(Cl)cc1. The highest BCUT2D eigenvalue weighted by atomic mass is 127. The zero-order chi connectivity index (χ0) is 26.0. The first-order chi connectivity index (χ1) is 17.1. The van der Waals surface area contributed by atoms with Crippen LogP contribution in [0.3, 0.4) is 0 Å². The lowest BCUT2D eigenvalue weighted by Crippen LogP contribution is -2.27. The smallest absolute Gasteiger partial charge is 0.339 e. The maximum atomic E-state index is 13.2. The largest absolute Gasteiger partial charge is 0.493 e. The van der Waals surface area contributed by atoms with Gasteiger partial charge in [-0.2, -0.15) is 8.42 Å². The van der Waals surface area contributed by atoms with Gasteiger partial charge in [0.15, 0.2) is 11.5 Å². The first-order valence-electron chi connectivity index (χ1n) is 10.1. The van der Waals surface area contributed by atoms with E-state index in [9.17, 15) is 22.4 Å². The molecule has 36 heavy (non-hydrogen) atoms. The van der Waals surface area contributed by atoms with Crippen LogP contribution in [0.4, 0.5) is 9.18 Å². The third kappa shape index (κ3) is 5.85. The number of nitrogens with zero attached hydrogens (tertiary/aromatic N) is 1. The summed E-state index contributed by atoms with van der Waals surface area (Å²) in [4.78, 5) is 26.5. The molecule has 12 heteroatoms. The van der Waals surface area contributed by atoms with Gasteiger partial charge in [-0.3, -0.25) is 14.5 Å². The van der Waals surface area contributed by atoms with Crippen molar-refractivity contribution in [1.82, 2.24) is 4.90 Å². The van der Waals surface area contributed by atoms with Crippen molar-refractivity contribution in [3.63, 3.8) is 0 Å². The van der Waals surface area contributed by atoms with Crippen LogP contribution in [-0.4, -0.2) is 31.6 Å². The van der Waals surface area contributed by atoms with Crippen molar-refractivity contribution in [3.05, 3.63) is 91.1 Å². The predicted molar refractivity (Wildman–Crippen MR) is 143 cm³/mol. The zero-order valence-electron chi connectivity index (χ0n) is 18.4. The Labute approximate surface area is 229 Å². The molecule has 1 heterocycles. The molecule has 0 N–H and O–H groups in total. The molecule has 1 aliphatic rings. The maximum absolute atomic E-state index is 13.2. The van der Waals surface area contributed by atoms with E-state index in [-0.39, 0.29) is 27.8 Å². The number of thioether (sulfide) groups is 1. The molecule has 0 bridgehead atoms. The van der Waals surface area contributed by atoms with Crippen LogP contribution in [0, 0.1) is 9.39 Å². The Morgan fingerprint density at radius 3 is 2.39 bits per heavy atom. The van der Waals surface area contributed by atoms with E-state index in [1.165, 1.54) is 67.8 Å². The van der Waals surface area contributed by atoms with Gasteiger partial charge in [0.2, 0.25) is 0 Å². The quantitative estimate of drug-likeness (QED) is 0.172. The summed E-state index contributed by atoms with van der Waals surface area (Å²) < 4.78 is 49.7. The minimum atomic E-state index is -4.17. The Morgan fingerprint density at radius 2 is 1.75 bits per heavy atom. The number of rotatable bonds is 7. The van der Waals surface area contributed by atoms with E-state index in [1.54, 1.807) is 6.07 Å². The van der Waals surface area contributed by atoms with E-state index in [0.717, 1.165) is 16.7 Å². The Kier molecular flexibility index (Phi) is 7.93. The fourth-order valence-corrected chi connectivity index (χ4v) is 6.03. The van der Waals surface area contributed by atoms with Crippen molar-refractivity contribution in [2.24, 2.45) is 0 Å². The van der Waals surface area contributed by atoms with Gasteiger partial charge in [0, 0.05) is 5.02 Å². The Morgan fingerprint density at radius 1 is 1.08 bits per heavy atom. The molecule has 4 rings (SSSR count). The van der Waals surface area contributed by atoms with Gasteiger partial charge in [-0.15, -0.1) is 0 Å². The molecular formula is C24H16ClFINO6S2. The number of halogens is 3. The molecule has 0 saturated carbocycles. The van der Waals surface area contributed by atoms with E-state index < -0.39 is 27.1 Å². The van der Waals surface area contributed by atoms with Gasteiger partial charge in [0.25, 0.3) is 11.1 Å². The summed E-state index contributed by atoms with van der Waals surface area (Å²) in [6, 6.07) is 14.2. The number of hydrogen-bond donors (Lipinski definition) is 0. The number of ether oxygens (including phenoxy) is 1. The summed E-state index contributed by atoms with van der Waals surface area (Å²) in [7, 11) is -2.81. The summed E-state index contributed by atoms with van der Waals surface area (Å²) >= 11 is 8.50. The van der Waals surface area contributed by atoms with Crippen LogP contribution >= 0.6 is 46.0 Å². The fraction of sp³-hybridized carbons (Fsp3) is 0.0833. The molecule has 0 aromatic heterocycles. The highest BCUT2D eigenvalue weighted by Gasteiger charge is 2.35. The first kappa shape index (κ1) is 26.5. The standard InChI is InChI=1S/C24H16ClFINO6S2/c1-33-20-11-15(10-19(27)22(20)34-36(31,32)18-8-4-16(25)5-9-18)12-21-23(29)28(24(30)35-21)13-14-2-6-17(26)7-3-14/h2-12H,13H2,1H3/b21-12-. The van der Waals surface area contributed by atoms with E-state index in [1.807, 2.05) is 22.6 Å². The maximum Gasteiger partial charge on any atom is 0.339 e. The molecule has 1 saturated heterocycles. The fourth-order valence-electron chi connectivity index (χ4n) is 3.22. The van der Waals surface area contributed by atoms with Crippen molar-refractivity contribution in [2.45, 2.75) is 11.4 Å². The second kappa shape index (κ2) is 10.8. The Bertz CT molecular complexity index is 1480. The second-order valence-corrected chi connectivity index (χ2v) is 11.6. The zero-order valence-corrected chi connectivity index (χ0v) is 23.0. The molecular weight excluding hydrogens is 644 g/mol. The lowest BCUT2D eigenvalue weighted by atomic mass is 10.1. The van der Waals surface area contributed by atoms with E-state index in [0.29, 0.717) is 19.7 Å². The van der Waals surface area contributed by atoms with Crippen LogP contribution in [-0.2, 0) is 21.5 Å². The molecule has 0 radical (unpaired) electrons. The summed E-state index contributed by atoms with van der Waals surface area (Å²) in [6.45, 7) is 0.0124. The molecule has 186 valence electrons. The van der Waals surface area contributed by atoms with Gasteiger partial charge >= 0.3 is 10.1 Å². The van der Waals surface area contributed by atoms with Gasteiger partial charge in [0.1, 0.15) is 10.7 Å². The van der Waals surface area contributed by atoms with Crippen molar-refractivity contribution in [1.29, 1.82) is 0 Å². The molecule has 3 aromatic rings. The van der Waals surface area contributed by atoms with E-state index in [2.05, 4.69) is 0 Å². The number of carbonyl (C=O) groups excluding carboxylic acids is 2. The number of benzene rings is 3. The topological polar surface area (TPSA) is 90.0 Å². The van der Waals surface area contributed by atoms with Crippen LogP contribution in [0.5, 0.6) is 11.5 Å². The molecule has 0 spiro atoms. The molecule has 0 aliphatic carbocycles. The summed E-state index contributed by atoms with van der Waals surface area (Å²) in [5.74, 6) is -0.801. The van der Waals surface area contributed by atoms with Crippen molar-refractivity contribution >= 4 is 73.3 Å². The lowest BCUT2D eigenvalue weighted by molar-refractivity contribution is -0.123. The van der Waals surface area contributed by atoms with E-state index >= 15 is 0 Å². The lowest BCUT2D eigenvalue weighted by Gasteiger charge is -2.14. The summed E-state index contributed by atoms with van der Waals surface area (Å²) in [6.07, 6.45) is 1.51. The highest BCUT2D eigenvalue weighted by molar-refractivity contribution is 14.1. The minimum Gasteiger partial charge on any atom is -0.493 e.